The first-order valence-corrected chi connectivity index (χ1v) is 8.25. The van der Waals surface area contributed by atoms with Crippen molar-refractivity contribution in [3.63, 3.8) is 0 Å². The maximum atomic E-state index is 3.71. The lowest BCUT2D eigenvalue weighted by Gasteiger charge is -2.37. The maximum absolute atomic E-state index is 3.71. The smallest absolute Gasteiger partial charge is 0.0452 e. The average Bonchev–Trinajstić information content (AvgIpc) is 2.47. The van der Waals surface area contributed by atoms with Crippen molar-refractivity contribution in [1.82, 2.24) is 10.2 Å². The lowest BCUT2D eigenvalue weighted by Crippen LogP contribution is -2.43. The van der Waals surface area contributed by atoms with Gasteiger partial charge >= 0.3 is 0 Å². The molecule has 0 amide bonds. The van der Waals surface area contributed by atoms with Gasteiger partial charge < -0.3 is 10.2 Å². The largest absolute Gasteiger partial charge is 0.309 e. The molecule has 0 spiro atoms. The van der Waals surface area contributed by atoms with Gasteiger partial charge in [-0.05, 0) is 49.9 Å². The van der Waals surface area contributed by atoms with Gasteiger partial charge in [-0.2, -0.15) is 0 Å². The van der Waals surface area contributed by atoms with Crippen LogP contribution in [-0.4, -0.2) is 31.1 Å². The van der Waals surface area contributed by atoms with Gasteiger partial charge in [0.05, 0.1) is 0 Å². The van der Waals surface area contributed by atoms with Gasteiger partial charge in [-0.15, -0.1) is 0 Å². The summed E-state index contributed by atoms with van der Waals surface area (Å²) >= 11 is 0. The van der Waals surface area contributed by atoms with Crippen molar-refractivity contribution in [2.45, 2.75) is 51.1 Å². The second-order valence-electron chi connectivity index (χ2n) is 6.82. The Morgan fingerprint density at radius 1 is 1.25 bits per heavy atom. The molecule has 0 aromatic heterocycles. The second kappa shape index (κ2) is 6.28. The second-order valence-corrected chi connectivity index (χ2v) is 6.82. The van der Waals surface area contributed by atoms with E-state index in [2.05, 4.69) is 48.5 Å². The van der Waals surface area contributed by atoms with E-state index in [0.29, 0.717) is 6.04 Å². The van der Waals surface area contributed by atoms with E-state index in [1.807, 2.05) is 0 Å². The molecular formula is C18H28N2. The van der Waals surface area contributed by atoms with Crippen LogP contribution in [0.3, 0.4) is 0 Å². The molecule has 1 aliphatic carbocycles. The monoisotopic (exact) mass is 272 g/mol. The normalized spacial score (nSPS) is 30.2. The third-order valence-electron chi connectivity index (χ3n) is 5.22. The van der Waals surface area contributed by atoms with Crippen molar-refractivity contribution in [3.8, 4) is 0 Å². The van der Waals surface area contributed by atoms with Gasteiger partial charge in [0.1, 0.15) is 0 Å². The van der Waals surface area contributed by atoms with E-state index in [0.717, 1.165) is 25.0 Å². The van der Waals surface area contributed by atoms with Crippen LogP contribution in [0.15, 0.2) is 24.3 Å². The highest BCUT2D eigenvalue weighted by Crippen LogP contribution is 2.29. The Kier molecular flexibility index (Phi) is 4.42. The lowest BCUT2D eigenvalue weighted by atomic mass is 9.86. The van der Waals surface area contributed by atoms with Crippen LogP contribution in [-0.2, 0) is 6.42 Å². The molecule has 1 saturated carbocycles. The predicted molar refractivity (Wildman–Crippen MR) is 84.9 cm³/mol. The highest BCUT2D eigenvalue weighted by Gasteiger charge is 2.26. The third kappa shape index (κ3) is 3.07. The Morgan fingerprint density at radius 3 is 2.95 bits per heavy atom. The molecule has 2 nitrogen and oxygen atoms in total. The molecule has 0 saturated heterocycles. The maximum Gasteiger partial charge on any atom is 0.0452 e. The van der Waals surface area contributed by atoms with Crippen LogP contribution < -0.4 is 5.32 Å². The molecule has 1 aromatic rings. The summed E-state index contributed by atoms with van der Waals surface area (Å²) in [5.41, 5.74) is 3.07. The number of fused-ring (bicyclic) bond motifs is 1. The van der Waals surface area contributed by atoms with E-state index in [9.17, 15) is 0 Å². The van der Waals surface area contributed by atoms with Gasteiger partial charge in [0.15, 0.2) is 0 Å². The zero-order valence-electron chi connectivity index (χ0n) is 12.9. The minimum Gasteiger partial charge on any atom is -0.309 e. The zero-order valence-corrected chi connectivity index (χ0v) is 12.9. The molecule has 110 valence electrons. The minimum atomic E-state index is 0.516. The van der Waals surface area contributed by atoms with Crippen LogP contribution in [0.2, 0.25) is 0 Å². The van der Waals surface area contributed by atoms with Crippen LogP contribution in [0, 0.1) is 5.92 Å². The van der Waals surface area contributed by atoms with Crippen molar-refractivity contribution >= 4 is 0 Å². The first kappa shape index (κ1) is 14.1. The van der Waals surface area contributed by atoms with Crippen LogP contribution >= 0.6 is 0 Å². The predicted octanol–water partition coefficient (Wildman–Crippen LogP) is 3.38. The summed E-state index contributed by atoms with van der Waals surface area (Å²) in [7, 11) is 2.32. The molecule has 1 aromatic carbocycles. The van der Waals surface area contributed by atoms with E-state index >= 15 is 0 Å². The van der Waals surface area contributed by atoms with Crippen LogP contribution in [0.25, 0.3) is 0 Å². The number of benzene rings is 1. The molecule has 0 radical (unpaired) electrons. The third-order valence-corrected chi connectivity index (χ3v) is 5.22. The number of likely N-dealkylation sites (N-methyl/N-ethyl adjacent to an activating group) is 1. The molecular weight excluding hydrogens is 244 g/mol. The Labute approximate surface area is 123 Å². The standard InChI is InChI=1S/C18H28N2/c1-14-6-5-8-16(12-14)20(2)13-18-17-9-4-3-7-15(17)10-11-19-18/h3-4,7,9,14,16,18-19H,5-6,8,10-13H2,1-2H3. The number of hydrogen-bond donors (Lipinski definition) is 1. The first-order valence-electron chi connectivity index (χ1n) is 8.25. The molecule has 2 heteroatoms. The number of hydrogen-bond acceptors (Lipinski definition) is 2. The molecule has 2 aliphatic rings. The van der Waals surface area contributed by atoms with Gasteiger partial charge in [0.2, 0.25) is 0 Å². The summed E-state index contributed by atoms with van der Waals surface area (Å²) in [5.74, 6) is 0.905. The molecule has 3 atom stereocenters. The van der Waals surface area contributed by atoms with Crippen molar-refractivity contribution < 1.29 is 0 Å². The topological polar surface area (TPSA) is 15.3 Å². The highest BCUT2D eigenvalue weighted by molar-refractivity contribution is 5.32. The minimum absolute atomic E-state index is 0.516. The summed E-state index contributed by atoms with van der Waals surface area (Å²) in [6.07, 6.45) is 6.77. The van der Waals surface area contributed by atoms with Gasteiger partial charge in [-0.1, -0.05) is 44.0 Å². The van der Waals surface area contributed by atoms with E-state index in [1.165, 1.54) is 37.7 Å². The van der Waals surface area contributed by atoms with E-state index in [4.69, 9.17) is 0 Å². The lowest BCUT2D eigenvalue weighted by molar-refractivity contribution is 0.149. The quantitative estimate of drug-likeness (QED) is 0.907. The summed E-state index contributed by atoms with van der Waals surface area (Å²) in [6, 6.07) is 10.3. The molecule has 1 fully saturated rings. The van der Waals surface area contributed by atoms with Crippen LogP contribution in [0.5, 0.6) is 0 Å². The van der Waals surface area contributed by atoms with Crippen molar-refractivity contribution in [2.24, 2.45) is 5.92 Å². The van der Waals surface area contributed by atoms with Crippen molar-refractivity contribution in [1.29, 1.82) is 0 Å². The molecule has 1 heterocycles. The summed E-state index contributed by atoms with van der Waals surface area (Å²) in [5, 5.41) is 3.71. The van der Waals surface area contributed by atoms with E-state index < -0.39 is 0 Å². The Hall–Kier alpha value is -0.860. The van der Waals surface area contributed by atoms with Crippen LogP contribution in [0.4, 0.5) is 0 Å². The van der Waals surface area contributed by atoms with Crippen molar-refractivity contribution in [2.75, 3.05) is 20.1 Å². The van der Waals surface area contributed by atoms with E-state index in [-0.39, 0.29) is 0 Å². The zero-order chi connectivity index (χ0) is 13.9. The first-order chi connectivity index (χ1) is 9.74. The average molecular weight is 272 g/mol. The summed E-state index contributed by atoms with van der Waals surface area (Å²) in [4.78, 5) is 2.61. The SMILES string of the molecule is CC1CCCC(N(C)CC2NCCc3ccccc32)C1. The van der Waals surface area contributed by atoms with Crippen LogP contribution in [0.1, 0.15) is 49.8 Å². The van der Waals surface area contributed by atoms with Gasteiger partial charge in [0, 0.05) is 18.6 Å². The fourth-order valence-electron chi connectivity index (χ4n) is 4.00. The number of nitrogens with one attached hydrogen (secondary N) is 1. The Balaban J connectivity index is 1.66. The summed E-state index contributed by atoms with van der Waals surface area (Å²) in [6.45, 7) is 4.68. The molecule has 3 unspecified atom stereocenters. The van der Waals surface area contributed by atoms with Crippen molar-refractivity contribution in [3.05, 3.63) is 35.4 Å². The van der Waals surface area contributed by atoms with Gasteiger partial charge in [0.25, 0.3) is 0 Å². The van der Waals surface area contributed by atoms with Gasteiger partial charge in [-0.3, -0.25) is 0 Å². The fourth-order valence-corrected chi connectivity index (χ4v) is 4.00. The Bertz CT molecular complexity index is 443. The molecule has 0 bridgehead atoms. The molecule has 3 rings (SSSR count). The summed E-state index contributed by atoms with van der Waals surface area (Å²) < 4.78 is 0. The van der Waals surface area contributed by atoms with Gasteiger partial charge in [-0.25, -0.2) is 0 Å². The van der Waals surface area contributed by atoms with E-state index in [1.54, 1.807) is 5.56 Å². The number of nitrogens with zero attached hydrogens (tertiary/aromatic N) is 1. The highest BCUT2D eigenvalue weighted by atomic mass is 15.2. The molecule has 1 aliphatic heterocycles. The Morgan fingerprint density at radius 2 is 2.10 bits per heavy atom. The molecule has 20 heavy (non-hydrogen) atoms. The molecule has 1 N–H and O–H groups in total. The number of rotatable bonds is 3. The fraction of sp³-hybridized carbons (Fsp3) is 0.667.